The molecule has 2 rings (SSSR count). The molecule has 21 heavy (non-hydrogen) atoms. The maximum Gasteiger partial charge on any atom is 0.0931 e. The molecule has 0 saturated heterocycles. The largest absolute Gasteiger partial charge is 0.326 e. The van der Waals surface area contributed by atoms with Crippen molar-refractivity contribution in [1.82, 2.24) is 4.90 Å². The lowest BCUT2D eigenvalue weighted by atomic mass is 10.0. The van der Waals surface area contributed by atoms with Crippen molar-refractivity contribution >= 4 is 34.5 Å². The minimum atomic E-state index is 0.00588. The molecule has 0 spiro atoms. The third kappa shape index (κ3) is 3.99. The third-order valence-electron chi connectivity index (χ3n) is 3.76. The molecule has 3 atom stereocenters. The van der Waals surface area contributed by atoms with E-state index in [1.165, 1.54) is 10.4 Å². The molecule has 0 aliphatic carbocycles. The normalized spacial score (nSPS) is 16.0. The van der Waals surface area contributed by atoms with Gasteiger partial charge in [0.05, 0.1) is 10.4 Å². The van der Waals surface area contributed by atoms with Crippen molar-refractivity contribution in [3.63, 3.8) is 0 Å². The molecule has 114 valence electrons. The van der Waals surface area contributed by atoms with E-state index in [1.54, 1.807) is 11.3 Å². The van der Waals surface area contributed by atoms with E-state index in [2.05, 4.69) is 31.0 Å². The standard InChI is InChI=1S/C16H20Cl2N2S/c1-10(19)16(14-7-8-15(18)21-14)20(3)11(2)12-5-4-6-13(17)9-12/h4-11,16H,19H2,1-3H3. The molecule has 2 nitrogen and oxygen atoms in total. The van der Waals surface area contributed by atoms with Crippen molar-refractivity contribution in [2.45, 2.75) is 32.0 Å². The first-order valence-electron chi connectivity index (χ1n) is 6.88. The number of nitrogens with zero attached hydrogens (tertiary/aromatic N) is 1. The number of benzene rings is 1. The van der Waals surface area contributed by atoms with Gasteiger partial charge in [0.15, 0.2) is 0 Å². The van der Waals surface area contributed by atoms with Crippen LogP contribution in [-0.4, -0.2) is 18.0 Å². The van der Waals surface area contributed by atoms with Gasteiger partial charge in [0.25, 0.3) is 0 Å². The van der Waals surface area contributed by atoms with E-state index >= 15 is 0 Å². The fourth-order valence-electron chi connectivity index (χ4n) is 2.56. The van der Waals surface area contributed by atoms with Gasteiger partial charge >= 0.3 is 0 Å². The van der Waals surface area contributed by atoms with Gasteiger partial charge in [-0.05, 0) is 50.7 Å². The first kappa shape index (κ1) is 16.8. The summed E-state index contributed by atoms with van der Waals surface area (Å²) in [6, 6.07) is 12.3. The Morgan fingerprint density at radius 1 is 1.14 bits per heavy atom. The smallest absolute Gasteiger partial charge is 0.0931 e. The second-order valence-corrected chi connectivity index (χ2v) is 7.53. The lowest BCUT2D eigenvalue weighted by molar-refractivity contribution is 0.168. The van der Waals surface area contributed by atoms with Gasteiger partial charge in [-0.25, -0.2) is 0 Å². The van der Waals surface area contributed by atoms with E-state index in [-0.39, 0.29) is 18.1 Å². The summed E-state index contributed by atoms with van der Waals surface area (Å²) in [6.45, 7) is 4.19. The molecule has 1 heterocycles. The molecule has 0 fully saturated rings. The van der Waals surface area contributed by atoms with Crippen molar-refractivity contribution < 1.29 is 0 Å². The van der Waals surface area contributed by atoms with Crippen LogP contribution in [0.15, 0.2) is 36.4 Å². The number of hydrogen-bond donors (Lipinski definition) is 1. The predicted molar refractivity (Wildman–Crippen MR) is 93.3 cm³/mol. The van der Waals surface area contributed by atoms with Gasteiger partial charge in [-0.2, -0.15) is 0 Å². The number of thiophene rings is 1. The highest BCUT2D eigenvalue weighted by Crippen LogP contribution is 2.36. The van der Waals surface area contributed by atoms with Gasteiger partial charge in [0.2, 0.25) is 0 Å². The minimum Gasteiger partial charge on any atom is -0.326 e. The average molecular weight is 343 g/mol. The maximum atomic E-state index is 6.22. The molecule has 0 aliphatic heterocycles. The van der Waals surface area contributed by atoms with Gasteiger partial charge in [-0.15, -0.1) is 11.3 Å². The molecule has 1 aromatic carbocycles. The molecular weight excluding hydrogens is 323 g/mol. The molecule has 0 saturated carbocycles. The molecule has 0 aliphatic rings. The lowest BCUT2D eigenvalue weighted by Crippen LogP contribution is -2.38. The van der Waals surface area contributed by atoms with Crippen molar-refractivity contribution in [2.24, 2.45) is 5.73 Å². The highest BCUT2D eigenvalue weighted by Gasteiger charge is 2.27. The van der Waals surface area contributed by atoms with E-state index < -0.39 is 0 Å². The number of rotatable bonds is 5. The zero-order chi connectivity index (χ0) is 15.6. The van der Waals surface area contributed by atoms with Crippen molar-refractivity contribution in [2.75, 3.05) is 7.05 Å². The van der Waals surface area contributed by atoms with Crippen LogP contribution in [0.4, 0.5) is 0 Å². The zero-order valence-corrected chi connectivity index (χ0v) is 14.7. The third-order valence-corrected chi connectivity index (χ3v) is 5.30. The fourth-order valence-corrected chi connectivity index (χ4v) is 4.09. The monoisotopic (exact) mass is 342 g/mol. The number of likely N-dealkylation sites (N-methyl/N-ethyl adjacent to an activating group) is 1. The van der Waals surface area contributed by atoms with E-state index in [0.29, 0.717) is 0 Å². The number of hydrogen-bond acceptors (Lipinski definition) is 3. The molecule has 0 amide bonds. The van der Waals surface area contributed by atoms with Crippen LogP contribution >= 0.6 is 34.5 Å². The van der Waals surface area contributed by atoms with Gasteiger partial charge < -0.3 is 5.73 Å². The van der Waals surface area contributed by atoms with Crippen molar-refractivity contribution in [3.8, 4) is 0 Å². The Bertz CT molecular complexity index is 597. The summed E-state index contributed by atoms with van der Waals surface area (Å²) < 4.78 is 0.791. The highest BCUT2D eigenvalue weighted by atomic mass is 35.5. The van der Waals surface area contributed by atoms with E-state index in [4.69, 9.17) is 28.9 Å². The first-order chi connectivity index (χ1) is 9.90. The van der Waals surface area contributed by atoms with Crippen LogP contribution in [0.2, 0.25) is 9.36 Å². The Morgan fingerprint density at radius 3 is 2.38 bits per heavy atom. The summed E-state index contributed by atoms with van der Waals surface area (Å²) in [6.07, 6.45) is 0. The van der Waals surface area contributed by atoms with Crippen LogP contribution in [0.3, 0.4) is 0 Å². The average Bonchev–Trinajstić information content (AvgIpc) is 2.83. The zero-order valence-electron chi connectivity index (χ0n) is 12.4. The van der Waals surface area contributed by atoms with Crippen LogP contribution in [0.5, 0.6) is 0 Å². The fraction of sp³-hybridized carbons (Fsp3) is 0.375. The van der Waals surface area contributed by atoms with Gasteiger partial charge in [0.1, 0.15) is 0 Å². The van der Waals surface area contributed by atoms with Crippen molar-refractivity contribution in [3.05, 3.63) is 56.2 Å². The Morgan fingerprint density at radius 2 is 1.86 bits per heavy atom. The molecule has 0 radical (unpaired) electrons. The molecule has 2 N–H and O–H groups in total. The first-order valence-corrected chi connectivity index (χ1v) is 8.45. The van der Waals surface area contributed by atoms with E-state index in [1.807, 2.05) is 31.2 Å². The lowest BCUT2D eigenvalue weighted by Gasteiger charge is -2.35. The second kappa shape index (κ2) is 7.12. The summed E-state index contributed by atoms with van der Waals surface area (Å²) in [7, 11) is 2.09. The summed E-state index contributed by atoms with van der Waals surface area (Å²) in [4.78, 5) is 3.46. The van der Waals surface area contributed by atoms with Gasteiger partial charge in [-0.1, -0.05) is 35.3 Å². The SMILES string of the molecule is CC(N)C(c1ccc(Cl)s1)N(C)C(C)c1cccc(Cl)c1. The highest BCUT2D eigenvalue weighted by molar-refractivity contribution is 7.16. The van der Waals surface area contributed by atoms with E-state index in [9.17, 15) is 0 Å². The van der Waals surface area contributed by atoms with Crippen LogP contribution in [0.25, 0.3) is 0 Å². The number of nitrogens with two attached hydrogens (primary N) is 1. The molecule has 2 aromatic rings. The van der Waals surface area contributed by atoms with Gasteiger partial charge in [-0.3, -0.25) is 4.90 Å². The Hall–Kier alpha value is -0.580. The molecular formula is C16H20Cl2N2S. The summed E-state index contributed by atoms with van der Waals surface area (Å²) in [5.41, 5.74) is 7.40. The Labute approximate surface area is 140 Å². The van der Waals surface area contributed by atoms with Crippen LogP contribution in [0, 0.1) is 0 Å². The topological polar surface area (TPSA) is 29.3 Å². The van der Waals surface area contributed by atoms with Gasteiger partial charge in [0, 0.05) is 22.0 Å². The molecule has 5 heteroatoms. The maximum absolute atomic E-state index is 6.22. The van der Waals surface area contributed by atoms with Crippen LogP contribution < -0.4 is 5.73 Å². The predicted octanol–water partition coefficient (Wildman–Crippen LogP) is 5.14. The summed E-state index contributed by atoms with van der Waals surface area (Å²) in [5, 5.41) is 0.754. The van der Waals surface area contributed by atoms with Crippen LogP contribution in [0.1, 0.15) is 36.4 Å². The Kier molecular flexibility index (Phi) is 5.69. The van der Waals surface area contributed by atoms with Crippen molar-refractivity contribution in [1.29, 1.82) is 0 Å². The summed E-state index contributed by atoms with van der Waals surface area (Å²) in [5.74, 6) is 0. The quantitative estimate of drug-likeness (QED) is 0.815. The summed E-state index contributed by atoms with van der Waals surface area (Å²) >= 11 is 13.8. The second-order valence-electron chi connectivity index (χ2n) is 5.34. The molecule has 0 bridgehead atoms. The van der Waals surface area contributed by atoms with E-state index in [0.717, 1.165) is 9.36 Å². The Balaban J connectivity index is 2.28. The minimum absolute atomic E-state index is 0.00588. The molecule has 3 unspecified atom stereocenters. The van der Waals surface area contributed by atoms with Crippen LogP contribution in [-0.2, 0) is 0 Å². The number of halogens is 2. The molecule has 1 aromatic heterocycles.